The lowest BCUT2D eigenvalue weighted by Gasteiger charge is -2.24. The van der Waals surface area contributed by atoms with E-state index in [4.69, 9.17) is 29.8 Å². The van der Waals surface area contributed by atoms with E-state index in [1.807, 2.05) is 0 Å². The number of rotatable bonds is 6. The van der Waals surface area contributed by atoms with Crippen molar-refractivity contribution >= 4 is 27.1 Å². The normalized spacial score (nSPS) is 13.8. The Morgan fingerprint density at radius 2 is 1.28 bits per heavy atom. The lowest BCUT2D eigenvalue weighted by atomic mass is 10.1. The van der Waals surface area contributed by atoms with Gasteiger partial charge in [-0.05, 0) is 0 Å². The van der Waals surface area contributed by atoms with Crippen LogP contribution in [-0.2, 0) is 18.7 Å². The number of aliphatic carboxylic acids is 2. The molecule has 0 aliphatic carbocycles. The van der Waals surface area contributed by atoms with Crippen molar-refractivity contribution in [1.82, 2.24) is 0 Å². The SMILES string of the molecule is O.O=C(O)CC(C(=O)O)C(P(=O)(O)O)P(=O)(O)O. The van der Waals surface area contributed by atoms with Crippen LogP contribution in [0.3, 0.4) is 0 Å². The minimum absolute atomic E-state index is 0. The molecule has 1 unspecified atom stereocenters. The maximum atomic E-state index is 10.9. The van der Waals surface area contributed by atoms with Crippen LogP contribution < -0.4 is 0 Å². The Balaban J connectivity index is 0. The molecule has 8 N–H and O–H groups in total. The smallest absolute Gasteiger partial charge is 0.341 e. The summed E-state index contributed by atoms with van der Waals surface area (Å²) < 4.78 is 21.7. The molecular formula is C5H12O11P2. The fourth-order valence-corrected chi connectivity index (χ4v) is 4.14. The summed E-state index contributed by atoms with van der Waals surface area (Å²) in [6.45, 7) is 0. The lowest BCUT2D eigenvalue weighted by molar-refractivity contribution is -0.148. The molecule has 0 saturated carbocycles. The molecule has 108 valence electrons. The summed E-state index contributed by atoms with van der Waals surface area (Å²) in [6.07, 6.45) is -1.31. The Morgan fingerprint density at radius 3 is 1.44 bits per heavy atom. The molecule has 0 aromatic carbocycles. The fourth-order valence-electron chi connectivity index (χ4n) is 1.17. The molecule has 0 aromatic heterocycles. The highest BCUT2D eigenvalue weighted by atomic mass is 31.2. The molecule has 0 aliphatic rings. The second kappa shape index (κ2) is 6.39. The second-order valence-electron chi connectivity index (χ2n) is 3.13. The zero-order valence-corrected chi connectivity index (χ0v) is 10.4. The van der Waals surface area contributed by atoms with Crippen LogP contribution in [0.5, 0.6) is 0 Å². The van der Waals surface area contributed by atoms with Crippen LogP contribution in [0.1, 0.15) is 6.42 Å². The quantitative estimate of drug-likeness (QED) is 0.296. The van der Waals surface area contributed by atoms with Crippen LogP contribution in [0.15, 0.2) is 0 Å². The average Bonchev–Trinajstić information content (AvgIpc) is 1.95. The maximum Gasteiger partial charge on any atom is 0.341 e. The van der Waals surface area contributed by atoms with E-state index in [2.05, 4.69) is 0 Å². The molecule has 0 amide bonds. The minimum atomic E-state index is -5.47. The molecule has 13 heteroatoms. The first-order valence-electron chi connectivity index (χ1n) is 3.92. The van der Waals surface area contributed by atoms with E-state index in [0.29, 0.717) is 0 Å². The van der Waals surface area contributed by atoms with Gasteiger partial charge in [0.25, 0.3) is 0 Å². The first-order valence-corrected chi connectivity index (χ1v) is 7.28. The van der Waals surface area contributed by atoms with Gasteiger partial charge in [-0.25, -0.2) is 0 Å². The molecule has 0 heterocycles. The Kier molecular flexibility index (Phi) is 6.94. The molecule has 0 rings (SSSR count). The molecule has 18 heavy (non-hydrogen) atoms. The van der Waals surface area contributed by atoms with Crippen molar-refractivity contribution in [3.63, 3.8) is 0 Å². The van der Waals surface area contributed by atoms with Crippen molar-refractivity contribution in [3.8, 4) is 0 Å². The predicted molar refractivity (Wildman–Crippen MR) is 54.9 cm³/mol. The van der Waals surface area contributed by atoms with Gasteiger partial charge < -0.3 is 35.3 Å². The molecule has 0 aromatic rings. The van der Waals surface area contributed by atoms with E-state index in [9.17, 15) is 18.7 Å². The van der Waals surface area contributed by atoms with Gasteiger partial charge in [0.15, 0.2) is 5.40 Å². The summed E-state index contributed by atoms with van der Waals surface area (Å²) in [5, 5.41) is 14.0. The van der Waals surface area contributed by atoms with Crippen molar-refractivity contribution < 1.29 is 54.0 Å². The first-order chi connectivity index (χ1) is 7.37. The van der Waals surface area contributed by atoms with Crippen LogP contribution in [0.4, 0.5) is 0 Å². The third kappa shape index (κ3) is 5.69. The maximum absolute atomic E-state index is 10.9. The topological polar surface area (TPSA) is 221 Å². The number of carboxylic acids is 2. The van der Waals surface area contributed by atoms with Crippen LogP contribution in [0, 0.1) is 5.92 Å². The lowest BCUT2D eigenvalue weighted by Crippen LogP contribution is -2.30. The third-order valence-corrected chi connectivity index (χ3v) is 5.66. The second-order valence-corrected chi connectivity index (χ2v) is 7.01. The van der Waals surface area contributed by atoms with Gasteiger partial charge in [0.1, 0.15) is 0 Å². The van der Waals surface area contributed by atoms with Gasteiger partial charge in [-0.15, -0.1) is 0 Å². The molecule has 11 nitrogen and oxygen atoms in total. The third-order valence-electron chi connectivity index (χ3n) is 1.76. The summed E-state index contributed by atoms with van der Waals surface area (Å²) in [4.78, 5) is 55.8. The van der Waals surface area contributed by atoms with Crippen molar-refractivity contribution in [3.05, 3.63) is 0 Å². The van der Waals surface area contributed by atoms with Crippen molar-refractivity contribution in [1.29, 1.82) is 0 Å². The van der Waals surface area contributed by atoms with E-state index in [-0.39, 0.29) is 5.48 Å². The molecule has 0 bridgehead atoms. The predicted octanol–water partition coefficient (Wildman–Crippen LogP) is -1.98. The van der Waals surface area contributed by atoms with Crippen LogP contribution in [0.2, 0.25) is 0 Å². The number of hydrogen-bond donors (Lipinski definition) is 6. The molecule has 0 aliphatic heterocycles. The van der Waals surface area contributed by atoms with E-state index in [1.54, 1.807) is 0 Å². The highest BCUT2D eigenvalue weighted by Gasteiger charge is 2.52. The van der Waals surface area contributed by atoms with E-state index < -0.39 is 44.9 Å². The molecule has 0 radical (unpaired) electrons. The van der Waals surface area contributed by atoms with Crippen molar-refractivity contribution in [2.45, 2.75) is 11.8 Å². The Bertz CT molecular complexity index is 382. The summed E-state index contributed by atoms with van der Waals surface area (Å²) in [6, 6.07) is 0. The molecule has 0 fully saturated rings. The molecule has 1 atom stereocenters. The monoisotopic (exact) mass is 310 g/mol. The first kappa shape index (κ1) is 19.5. The average molecular weight is 310 g/mol. The fraction of sp³-hybridized carbons (Fsp3) is 0.600. The molecule has 0 spiro atoms. The van der Waals surface area contributed by atoms with Gasteiger partial charge in [-0.3, -0.25) is 18.7 Å². The Labute approximate surface area is 99.7 Å². The summed E-state index contributed by atoms with van der Waals surface area (Å²) >= 11 is 0. The number of carbonyl (C=O) groups is 2. The number of hydrogen-bond acceptors (Lipinski definition) is 4. The summed E-state index contributed by atoms with van der Waals surface area (Å²) in [7, 11) is -10.9. The van der Waals surface area contributed by atoms with Gasteiger partial charge in [0, 0.05) is 0 Å². The largest absolute Gasteiger partial charge is 0.481 e. The van der Waals surface area contributed by atoms with Crippen LogP contribution >= 0.6 is 15.2 Å². The number of carboxylic acid groups (broad SMARTS) is 2. The van der Waals surface area contributed by atoms with Gasteiger partial charge in [-0.1, -0.05) is 0 Å². The zero-order chi connectivity index (χ0) is 14.0. The zero-order valence-electron chi connectivity index (χ0n) is 8.57. The molecule has 0 saturated heterocycles. The van der Waals surface area contributed by atoms with Gasteiger partial charge in [0.2, 0.25) is 0 Å². The van der Waals surface area contributed by atoms with Gasteiger partial charge in [0.05, 0.1) is 12.3 Å². The molecular weight excluding hydrogens is 298 g/mol. The summed E-state index contributed by atoms with van der Waals surface area (Å²) in [5.41, 5.74) is 0. The van der Waals surface area contributed by atoms with Crippen molar-refractivity contribution in [2.75, 3.05) is 0 Å². The standard InChI is InChI=1S/C5H10O10P2.H2O/c6-3(7)1-2(4(8)9)5(16(10,11)12)17(13,14)15;/h2,5H,1H2,(H,6,7)(H,8,9)(H2,10,11,12)(H2,13,14,15);1H2. The van der Waals surface area contributed by atoms with Crippen LogP contribution in [0.25, 0.3) is 0 Å². The van der Waals surface area contributed by atoms with Crippen LogP contribution in [-0.4, -0.2) is 52.6 Å². The highest BCUT2D eigenvalue weighted by Crippen LogP contribution is 2.63. The van der Waals surface area contributed by atoms with Gasteiger partial charge in [-0.2, -0.15) is 0 Å². The summed E-state index contributed by atoms with van der Waals surface area (Å²) in [5.74, 6) is -6.14. The Hall–Kier alpha value is -0.800. The Morgan fingerprint density at radius 1 is 0.944 bits per heavy atom. The van der Waals surface area contributed by atoms with E-state index in [1.165, 1.54) is 0 Å². The van der Waals surface area contributed by atoms with E-state index >= 15 is 0 Å². The van der Waals surface area contributed by atoms with E-state index in [0.717, 1.165) is 0 Å². The van der Waals surface area contributed by atoms with Gasteiger partial charge >= 0.3 is 27.1 Å². The minimum Gasteiger partial charge on any atom is -0.481 e. The van der Waals surface area contributed by atoms with Crippen molar-refractivity contribution in [2.24, 2.45) is 5.92 Å². The highest BCUT2D eigenvalue weighted by molar-refractivity contribution is 7.70.